The van der Waals surface area contributed by atoms with E-state index in [9.17, 15) is 8.78 Å². The predicted octanol–water partition coefficient (Wildman–Crippen LogP) is 2.67. The molecule has 6 heteroatoms. The van der Waals surface area contributed by atoms with Crippen molar-refractivity contribution in [3.63, 3.8) is 0 Å². The molecule has 0 aliphatic heterocycles. The quantitative estimate of drug-likeness (QED) is 0.814. The highest BCUT2D eigenvalue weighted by Crippen LogP contribution is 2.16. The molecule has 0 heterocycles. The van der Waals surface area contributed by atoms with Crippen molar-refractivity contribution in [1.29, 1.82) is 10.5 Å². The van der Waals surface area contributed by atoms with Gasteiger partial charge in [0.15, 0.2) is 0 Å². The lowest BCUT2D eigenvalue weighted by Crippen LogP contribution is -2.06. The maximum atomic E-state index is 11.9. The van der Waals surface area contributed by atoms with E-state index in [-0.39, 0.29) is 5.57 Å². The van der Waals surface area contributed by atoms with Gasteiger partial charge in [0.2, 0.25) is 0 Å². The summed E-state index contributed by atoms with van der Waals surface area (Å²) in [4.78, 5) is 0. The van der Waals surface area contributed by atoms with E-state index in [0.717, 1.165) is 0 Å². The second-order valence-corrected chi connectivity index (χ2v) is 3.15. The van der Waals surface area contributed by atoms with Crippen molar-refractivity contribution in [3.8, 4) is 17.9 Å². The van der Waals surface area contributed by atoms with Crippen LogP contribution in [0.15, 0.2) is 36.0 Å². The molecular formula is C12H9F2N3O. The molecule has 0 aliphatic carbocycles. The lowest BCUT2D eigenvalue weighted by molar-refractivity contribution is 0.0819. The van der Waals surface area contributed by atoms with Crippen LogP contribution in [0.5, 0.6) is 5.75 Å². The first-order valence-electron chi connectivity index (χ1n) is 4.93. The van der Waals surface area contributed by atoms with Crippen LogP contribution in [0, 0.1) is 22.7 Å². The number of halogens is 2. The normalized spacial score (nSPS) is 9.17. The van der Waals surface area contributed by atoms with Gasteiger partial charge in [-0.15, -0.1) is 0 Å². The minimum Gasteiger partial charge on any atom is -0.488 e. The van der Waals surface area contributed by atoms with E-state index in [1.165, 1.54) is 18.3 Å². The van der Waals surface area contributed by atoms with E-state index in [2.05, 4.69) is 5.32 Å². The van der Waals surface area contributed by atoms with Crippen LogP contribution in [0.25, 0.3) is 0 Å². The molecule has 92 valence electrons. The van der Waals surface area contributed by atoms with E-state index in [1.807, 2.05) is 0 Å². The van der Waals surface area contributed by atoms with Gasteiger partial charge in [0.05, 0.1) is 0 Å². The molecule has 1 N–H and O–H groups in total. The number of hydrogen-bond donors (Lipinski definition) is 1. The third-order valence-corrected chi connectivity index (χ3v) is 1.85. The average Bonchev–Trinajstić information content (AvgIpc) is 2.39. The Morgan fingerprint density at radius 2 is 1.89 bits per heavy atom. The van der Waals surface area contributed by atoms with Crippen molar-refractivity contribution in [2.75, 3.05) is 11.9 Å². The molecule has 1 aromatic rings. The summed E-state index contributed by atoms with van der Waals surface area (Å²) >= 11 is 0. The van der Waals surface area contributed by atoms with Crippen molar-refractivity contribution in [3.05, 3.63) is 36.0 Å². The summed E-state index contributed by atoms with van der Waals surface area (Å²) in [6.45, 7) is -0.653. The molecular weight excluding hydrogens is 240 g/mol. The van der Waals surface area contributed by atoms with Crippen LogP contribution in [-0.4, -0.2) is 13.0 Å². The SMILES string of the molecule is N#CC(C#N)=CNc1ccc(OCC(F)F)cc1. The first kappa shape index (κ1) is 13.5. The molecule has 0 bridgehead atoms. The molecule has 0 amide bonds. The molecule has 0 spiro atoms. The zero-order valence-electron chi connectivity index (χ0n) is 9.23. The van der Waals surface area contributed by atoms with Crippen LogP contribution in [0.3, 0.4) is 0 Å². The van der Waals surface area contributed by atoms with Gasteiger partial charge in [0.25, 0.3) is 6.43 Å². The second-order valence-electron chi connectivity index (χ2n) is 3.15. The highest BCUT2D eigenvalue weighted by molar-refractivity contribution is 5.51. The number of ether oxygens (including phenoxy) is 1. The van der Waals surface area contributed by atoms with Crippen LogP contribution in [0.1, 0.15) is 0 Å². The van der Waals surface area contributed by atoms with E-state index < -0.39 is 13.0 Å². The minimum absolute atomic E-state index is 0.0620. The van der Waals surface area contributed by atoms with E-state index in [0.29, 0.717) is 11.4 Å². The summed E-state index contributed by atoms with van der Waals surface area (Å²) < 4.78 is 28.6. The molecule has 18 heavy (non-hydrogen) atoms. The summed E-state index contributed by atoms with van der Waals surface area (Å²) in [6.07, 6.45) is -1.26. The summed E-state index contributed by atoms with van der Waals surface area (Å²) in [5, 5.41) is 19.7. The minimum atomic E-state index is -2.51. The van der Waals surface area contributed by atoms with Gasteiger partial charge in [-0.1, -0.05) is 0 Å². The van der Waals surface area contributed by atoms with Gasteiger partial charge in [0, 0.05) is 11.9 Å². The molecule has 0 saturated carbocycles. The van der Waals surface area contributed by atoms with Crippen LogP contribution in [-0.2, 0) is 0 Å². The number of nitriles is 2. The van der Waals surface area contributed by atoms with Crippen LogP contribution in [0.2, 0.25) is 0 Å². The number of benzene rings is 1. The molecule has 0 atom stereocenters. The fourth-order valence-electron chi connectivity index (χ4n) is 1.05. The Hall–Kier alpha value is -2.60. The molecule has 0 unspecified atom stereocenters. The first-order chi connectivity index (χ1) is 8.65. The van der Waals surface area contributed by atoms with Crippen molar-refractivity contribution in [2.24, 2.45) is 0 Å². The van der Waals surface area contributed by atoms with Crippen molar-refractivity contribution >= 4 is 5.69 Å². The van der Waals surface area contributed by atoms with Gasteiger partial charge in [-0.25, -0.2) is 8.78 Å². The second kappa shape index (κ2) is 6.87. The maximum absolute atomic E-state index is 11.9. The van der Waals surface area contributed by atoms with Gasteiger partial charge >= 0.3 is 0 Å². The number of anilines is 1. The predicted molar refractivity (Wildman–Crippen MR) is 60.9 cm³/mol. The van der Waals surface area contributed by atoms with Crippen molar-refractivity contribution in [2.45, 2.75) is 6.43 Å². The zero-order valence-corrected chi connectivity index (χ0v) is 9.23. The maximum Gasteiger partial charge on any atom is 0.272 e. The third-order valence-electron chi connectivity index (χ3n) is 1.85. The largest absolute Gasteiger partial charge is 0.488 e. The third kappa shape index (κ3) is 4.50. The van der Waals surface area contributed by atoms with Gasteiger partial charge < -0.3 is 10.1 Å². The van der Waals surface area contributed by atoms with Crippen molar-refractivity contribution in [1.82, 2.24) is 0 Å². The molecule has 0 aromatic heterocycles. The number of nitrogens with zero attached hydrogens (tertiary/aromatic N) is 2. The molecule has 0 radical (unpaired) electrons. The fourth-order valence-corrected chi connectivity index (χ4v) is 1.05. The molecule has 1 aromatic carbocycles. The number of alkyl halides is 2. The molecule has 4 nitrogen and oxygen atoms in total. The Morgan fingerprint density at radius 1 is 1.28 bits per heavy atom. The molecule has 0 fully saturated rings. The van der Waals surface area contributed by atoms with Crippen LogP contribution in [0.4, 0.5) is 14.5 Å². The van der Waals surface area contributed by atoms with Crippen LogP contribution >= 0.6 is 0 Å². The summed E-state index contributed by atoms with van der Waals surface area (Å²) in [5.41, 5.74) is 0.551. The summed E-state index contributed by atoms with van der Waals surface area (Å²) in [6, 6.07) is 9.59. The lowest BCUT2D eigenvalue weighted by Gasteiger charge is -2.06. The first-order valence-corrected chi connectivity index (χ1v) is 4.93. The van der Waals surface area contributed by atoms with Gasteiger partial charge in [-0.05, 0) is 24.3 Å². The summed E-state index contributed by atoms with van der Waals surface area (Å²) in [7, 11) is 0. The Bertz CT molecular complexity index is 482. The number of hydrogen-bond acceptors (Lipinski definition) is 4. The Labute approximate surface area is 103 Å². The average molecular weight is 249 g/mol. The number of allylic oxidation sites excluding steroid dienone is 1. The summed E-state index contributed by atoms with van der Waals surface area (Å²) in [5.74, 6) is 0.325. The molecule has 0 saturated heterocycles. The zero-order chi connectivity index (χ0) is 13.4. The molecule has 1 rings (SSSR count). The van der Waals surface area contributed by atoms with E-state index in [4.69, 9.17) is 15.3 Å². The topological polar surface area (TPSA) is 68.8 Å². The Kier molecular flexibility index (Phi) is 5.14. The standard InChI is InChI=1S/C12H9F2N3O/c13-12(14)8-18-11-3-1-10(2-4-11)17-7-9(5-15)6-16/h1-4,7,12,17H,8H2. The monoisotopic (exact) mass is 249 g/mol. The highest BCUT2D eigenvalue weighted by atomic mass is 19.3. The fraction of sp³-hybridized carbons (Fsp3) is 0.167. The van der Waals surface area contributed by atoms with E-state index >= 15 is 0 Å². The Balaban J connectivity index is 2.59. The number of nitrogens with one attached hydrogen (secondary N) is 1. The van der Waals surface area contributed by atoms with Crippen LogP contribution < -0.4 is 10.1 Å². The highest BCUT2D eigenvalue weighted by Gasteiger charge is 2.03. The van der Waals surface area contributed by atoms with Gasteiger partial charge in [-0.3, -0.25) is 0 Å². The smallest absolute Gasteiger partial charge is 0.272 e. The van der Waals surface area contributed by atoms with Gasteiger partial charge in [-0.2, -0.15) is 10.5 Å². The Morgan fingerprint density at radius 3 is 2.39 bits per heavy atom. The van der Waals surface area contributed by atoms with Gasteiger partial charge in [0.1, 0.15) is 30.1 Å². The molecule has 0 aliphatic rings. The van der Waals surface area contributed by atoms with Crippen molar-refractivity contribution < 1.29 is 13.5 Å². The number of rotatable bonds is 5. The van der Waals surface area contributed by atoms with E-state index in [1.54, 1.807) is 24.3 Å². The lowest BCUT2D eigenvalue weighted by atomic mass is 10.3.